The third-order valence-electron chi connectivity index (χ3n) is 4.05. The molecule has 1 aromatic rings. The van der Waals surface area contributed by atoms with Gasteiger partial charge in [0.05, 0.1) is 12.1 Å². The number of likely N-dealkylation sites (tertiary alicyclic amines) is 1. The fraction of sp³-hybridized carbons (Fsp3) is 0.625. The molecule has 0 bridgehead atoms. The first-order valence-electron chi connectivity index (χ1n) is 7.82. The summed E-state index contributed by atoms with van der Waals surface area (Å²) in [6.07, 6.45) is 3.02. The number of nitrogens with zero attached hydrogens (tertiary/aromatic N) is 3. The highest BCUT2D eigenvalue weighted by atomic mass is 16.5. The number of aromatic nitrogens is 1. The van der Waals surface area contributed by atoms with Crippen molar-refractivity contribution in [2.75, 3.05) is 32.8 Å². The molecule has 0 saturated carbocycles. The second-order valence-corrected chi connectivity index (χ2v) is 5.49. The van der Waals surface area contributed by atoms with Gasteiger partial charge in [0, 0.05) is 38.6 Å². The van der Waals surface area contributed by atoms with Gasteiger partial charge in [0.25, 0.3) is 0 Å². The molecular formula is C16H25N3O3. The van der Waals surface area contributed by atoms with Gasteiger partial charge in [-0.25, -0.2) is 0 Å². The predicted molar refractivity (Wildman–Crippen MR) is 83.2 cm³/mol. The van der Waals surface area contributed by atoms with Crippen molar-refractivity contribution in [3.63, 3.8) is 0 Å². The molecule has 0 unspecified atom stereocenters. The number of ether oxygens (including phenoxy) is 1. The molecule has 0 aliphatic carbocycles. The van der Waals surface area contributed by atoms with Crippen LogP contribution in [0, 0.1) is 0 Å². The summed E-state index contributed by atoms with van der Waals surface area (Å²) in [5.41, 5.74) is 1.16. The number of aliphatic hydroxyl groups is 1. The lowest BCUT2D eigenvalue weighted by molar-refractivity contribution is -0.135. The summed E-state index contributed by atoms with van der Waals surface area (Å²) in [4.78, 5) is 19.9. The van der Waals surface area contributed by atoms with E-state index in [4.69, 9.17) is 4.74 Å². The van der Waals surface area contributed by atoms with Crippen LogP contribution in [0.25, 0.3) is 0 Å². The summed E-state index contributed by atoms with van der Waals surface area (Å²) < 4.78 is 5.17. The number of aliphatic hydroxyl groups excluding tert-OH is 1. The van der Waals surface area contributed by atoms with Crippen LogP contribution >= 0.6 is 0 Å². The SMILES string of the molecule is CCOCC(=O)N1C[C@@H](O)[C@H](N(CC)Cc2ccncc2)C1. The van der Waals surface area contributed by atoms with E-state index in [0.29, 0.717) is 19.7 Å². The third-order valence-corrected chi connectivity index (χ3v) is 4.05. The zero-order valence-electron chi connectivity index (χ0n) is 13.3. The van der Waals surface area contributed by atoms with Crippen LogP contribution in [0.15, 0.2) is 24.5 Å². The molecule has 1 aliphatic rings. The Morgan fingerprint density at radius 2 is 2.14 bits per heavy atom. The lowest BCUT2D eigenvalue weighted by Crippen LogP contribution is -2.43. The van der Waals surface area contributed by atoms with Gasteiger partial charge in [0.2, 0.25) is 5.91 Å². The highest BCUT2D eigenvalue weighted by Crippen LogP contribution is 2.19. The van der Waals surface area contributed by atoms with Crippen molar-refractivity contribution < 1.29 is 14.6 Å². The molecule has 1 saturated heterocycles. The summed E-state index contributed by atoms with van der Waals surface area (Å²) >= 11 is 0. The van der Waals surface area contributed by atoms with Crippen molar-refractivity contribution >= 4 is 5.91 Å². The molecule has 2 heterocycles. The van der Waals surface area contributed by atoms with Gasteiger partial charge in [0.15, 0.2) is 0 Å². The minimum atomic E-state index is -0.521. The Labute approximate surface area is 131 Å². The number of amides is 1. The van der Waals surface area contributed by atoms with Crippen LogP contribution in [0.1, 0.15) is 19.4 Å². The molecule has 1 aliphatic heterocycles. The molecule has 2 rings (SSSR count). The first kappa shape index (κ1) is 16.9. The van der Waals surface area contributed by atoms with E-state index in [-0.39, 0.29) is 18.6 Å². The van der Waals surface area contributed by atoms with Crippen molar-refractivity contribution in [2.24, 2.45) is 0 Å². The van der Waals surface area contributed by atoms with Gasteiger partial charge in [-0.3, -0.25) is 14.7 Å². The number of carbonyl (C=O) groups excluding carboxylic acids is 1. The Morgan fingerprint density at radius 3 is 2.77 bits per heavy atom. The first-order chi connectivity index (χ1) is 10.7. The van der Waals surface area contributed by atoms with Gasteiger partial charge in [-0.1, -0.05) is 6.92 Å². The number of hydrogen-bond acceptors (Lipinski definition) is 5. The summed E-state index contributed by atoms with van der Waals surface area (Å²) in [6.45, 7) is 7.03. The number of rotatable bonds is 7. The van der Waals surface area contributed by atoms with Gasteiger partial charge in [-0.15, -0.1) is 0 Å². The third kappa shape index (κ3) is 4.25. The largest absolute Gasteiger partial charge is 0.390 e. The van der Waals surface area contributed by atoms with E-state index < -0.39 is 6.10 Å². The number of carbonyl (C=O) groups is 1. The molecule has 1 aromatic heterocycles. The molecule has 1 amide bonds. The van der Waals surface area contributed by atoms with E-state index in [2.05, 4.69) is 16.8 Å². The summed E-state index contributed by atoms with van der Waals surface area (Å²) in [6, 6.07) is 3.91. The average Bonchev–Trinajstić information content (AvgIpc) is 2.93. The van der Waals surface area contributed by atoms with Gasteiger partial charge in [-0.2, -0.15) is 0 Å². The molecule has 122 valence electrons. The van der Waals surface area contributed by atoms with Crippen LogP contribution < -0.4 is 0 Å². The standard InChI is InChI=1S/C16H25N3O3/c1-3-18(9-13-5-7-17-8-6-13)14-10-19(11-15(14)20)16(21)12-22-4-2/h5-8,14-15,20H,3-4,9-12H2,1-2H3/t14-,15-/m1/s1. The predicted octanol–water partition coefficient (Wildman–Crippen LogP) is 0.512. The number of hydrogen-bond donors (Lipinski definition) is 1. The number of β-amino-alcohol motifs (C(OH)–C–C–N with tert-alkyl or cyclic N) is 1. The van der Waals surface area contributed by atoms with Crippen LogP contribution in [0.2, 0.25) is 0 Å². The van der Waals surface area contributed by atoms with E-state index >= 15 is 0 Å². The summed E-state index contributed by atoms with van der Waals surface area (Å²) in [5.74, 6) is -0.0524. The Bertz CT molecular complexity index is 469. The zero-order chi connectivity index (χ0) is 15.9. The minimum Gasteiger partial charge on any atom is -0.390 e. The molecule has 6 heteroatoms. The molecule has 2 atom stereocenters. The van der Waals surface area contributed by atoms with Gasteiger partial charge < -0.3 is 14.7 Å². The van der Waals surface area contributed by atoms with Crippen LogP contribution in [-0.2, 0) is 16.1 Å². The Morgan fingerprint density at radius 1 is 1.41 bits per heavy atom. The maximum Gasteiger partial charge on any atom is 0.248 e. The maximum absolute atomic E-state index is 12.0. The smallest absolute Gasteiger partial charge is 0.248 e. The Hall–Kier alpha value is -1.50. The molecule has 1 fully saturated rings. The maximum atomic E-state index is 12.0. The second-order valence-electron chi connectivity index (χ2n) is 5.49. The van der Waals surface area contributed by atoms with Crippen LogP contribution in [-0.4, -0.2) is 70.8 Å². The quantitative estimate of drug-likeness (QED) is 0.795. The molecule has 22 heavy (non-hydrogen) atoms. The number of pyridine rings is 1. The van der Waals surface area contributed by atoms with Gasteiger partial charge in [0.1, 0.15) is 6.61 Å². The van der Waals surface area contributed by atoms with Crippen LogP contribution in [0.5, 0.6) is 0 Å². The lowest BCUT2D eigenvalue weighted by Gasteiger charge is -2.29. The molecule has 6 nitrogen and oxygen atoms in total. The molecule has 1 N–H and O–H groups in total. The van der Waals surface area contributed by atoms with Crippen LogP contribution in [0.4, 0.5) is 0 Å². The topological polar surface area (TPSA) is 65.9 Å². The van der Waals surface area contributed by atoms with Crippen molar-refractivity contribution in [3.05, 3.63) is 30.1 Å². The van der Waals surface area contributed by atoms with Crippen molar-refractivity contribution in [3.8, 4) is 0 Å². The molecule has 0 aromatic carbocycles. The van der Waals surface area contributed by atoms with Gasteiger partial charge in [-0.05, 0) is 31.2 Å². The normalized spacial score (nSPS) is 21.5. The second kappa shape index (κ2) is 8.22. The highest BCUT2D eigenvalue weighted by Gasteiger charge is 2.37. The van der Waals surface area contributed by atoms with Crippen molar-refractivity contribution in [1.82, 2.24) is 14.8 Å². The molecular weight excluding hydrogens is 282 g/mol. The van der Waals surface area contributed by atoms with Gasteiger partial charge >= 0.3 is 0 Å². The Kier molecular flexibility index (Phi) is 6.30. The summed E-state index contributed by atoms with van der Waals surface area (Å²) in [5, 5.41) is 10.3. The number of likely N-dealkylation sites (N-methyl/N-ethyl adjacent to an activating group) is 1. The van der Waals surface area contributed by atoms with E-state index in [1.54, 1.807) is 17.3 Å². The molecule has 0 radical (unpaired) electrons. The van der Waals surface area contributed by atoms with E-state index in [1.807, 2.05) is 19.1 Å². The Balaban J connectivity index is 1.96. The highest BCUT2D eigenvalue weighted by molar-refractivity contribution is 5.77. The van der Waals surface area contributed by atoms with Crippen LogP contribution in [0.3, 0.4) is 0 Å². The average molecular weight is 307 g/mol. The fourth-order valence-corrected chi connectivity index (χ4v) is 2.80. The lowest BCUT2D eigenvalue weighted by atomic mass is 10.1. The fourth-order valence-electron chi connectivity index (χ4n) is 2.80. The monoisotopic (exact) mass is 307 g/mol. The molecule has 0 spiro atoms. The zero-order valence-corrected chi connectivity index (χ0v) is 13.3. The van der Waals surface area contributed by atoms with E-state index in [0.717, 1.165) is 18.7 Å². The summed E-state index contributed by atoms with van der Waals surface area (Å²) in [7, 11) is 0. The minimum absolute atomic E-state index is 0.0382. The first-order valence-corrected chi connectivity index (χ1v) is 7.82. The van der Waals surface area contributed by atoms with Crippen molar-refractivity contribution in [2.45, 2.75) is 32.5 Å². The van der Waals surface area contributed by atoms with Crippen molar-refractivity contribution in [1.29, 1.82) is 0 Å². The van der Waals surface area contributed by atoms with E-state index in [9.17, 15) is 9.90 Å². The van der Waals surface area contributed by atoms with E-state index in [1.165, 1.54) is 0 Å².